The summed E-state index contributed by atoms with van der Waals surface area (Å²) in [4.78, 5) is 19.6. The number of carbonyl (C=O) groups is 1. The van der Waals surface area contributed by atoms with Crippen LogP contribution in [0, 0.1) is 5.82 Å². The number of ether oxygens (including phenoxy) is 1. The standard InChI is InChI=1S/C14H14ClFN4O2/c15-5-6-19-14(21)20-12-13(18-8-7-17-12)22-9-10-1-3-11(16)4-2-10/h1-4,7-8H,5-6,9H2,(H2,17,19,20,21). The van der Waals surface area contributed by atoms with E-state index in [1.54, 1.807) is 12.1 Å². The molecule has 2 aromatic rings. The van der Waals surface area contributed by atoms with Crippen molar-refractivity contribution < 1.29 is 13.9 Å². The van der Waals surface area contributed by atoms with Crippen molar-refractivity contribution in [2.75, 3.05) is 17.7 Å². The zero-order valence-electron chi connectivity index (χ0n) is 11.6. The first-order valence-corrected chi connectivity index (χ1v) is 7.01. The van der Waals surface area contributed by atoms with Crippen LogP contribution in [0.3, 0.4) is 0 Å². The molecule has 1 aromatic heterocycles. The van der Waals surface area contributed by atoms with Crippen molar-refractivity contribution in [2.45, 2.75) is 6.61 Å². The van der Waals surface area contributed by atoms with Gasteiger partial charge in [0.25, 0.3) is 5.88 Å². The number of nitrogens with one attached hydrogen (secondary N) is 2. The molecule has 0 aliphatic heterocycles. The molecule has 0 fully saturated rings. The summed E-state index contributed by atoms with van der Waals surface area (Å²) >= 11 is 5.49. The second-order valence-corrected chi connectivity index (χ2v) is 4.57. The highest BCUT2D eigenvalue weighted by Crippen LogP contribution is 2.18. The molecule has 22 heavy (non-hydrogen) atoms. The molecule has 0 bridgehead atoms. The van der Waals surface area contributed by atoms with Crippen LogP contribution in [0.15, 0.2) is 36.7 Å². The molecule has 0 atom stereocenters. The second-order valence-electron chi connectivity index (χ2n) is 4.20. The summed E-state index contributed by atoms with van der Waals surface area (Å²) in [5.41, 5.74) is 0.768. The van der Waals surface area contributed by atoms with Crippen molar-refractivity contribution >= 4 is 23.4 Å². The highest BCUT2D eigenvalue weighted by molar-refractivity contribution is 6.18. The van der Waals surface area contributed by atoms with Gasteiger partial charge in [-0.1, -0.05) is 12.1 Å². The summed E-state index contributed by atoms with van der Waals surface area (Å²) in [7, 11) is 0. The zero-order chi connectivity index (χ0) is 15.8. The number of benzene rings is 1. The fourth-order valence-electron chi connectivity index (χ4n) is 1.56. The van der Waals surface area contributed by atoms with E-state index in [1.807, 2.05) is 0 Å². The van der Waals surface area contributed by atoms with Gasteiger partial charge in [-0.3, -0.25) is 5.32 Å². The third-order valence-electron chi connectivity index (χ3n) is 2.57. The smallest absolute Gasteiger partial charge is 0.320 e. The summed E-state index contributed by atoms with van der Waals surface area (Å²) in [5, 5.41) is 5.06. The predicted molar refractivity (Wildman–Crippen MR) is 80.5 cm³/mol. The normalized spacial score (nSPS) is 10.1. The van der Waals surface area contributed by atoms with Crippen molar-refractivity contribution in [3.05, 3.63) is 48.0 Å². The minimum Gasteiger partial charge on any atom is -0.470 e. The first-order valence-electron chi connectivity index (χ1n) is 6.48. The maximum Gasteiger partial charge on any atom is 0.320 e. The van der Waals surface area contributed by atoms with Crippen LogP contribution in [-0.2, 0) is 6.61 Å². The van der Waals surface area contributed by atoms with Crippen molar-refractivity contribution in [2.24, 2.45) is 0 Å². The molecule has 0 saturated carbocycles. The van der Waals surface area contributed by atoms with Gasteiger partial charge in [-0.2, -0.15) is 0 Å². The molecule has 0 unspecified atom stereocenters. The van der Waals surface area contributed by atoms with Crippen LogP contribution in [0.4, 0.5) is 15.0 Å². The van der Waals surface area contributed by atoms with Crippen molar-refractivity contribution in [1.29, 1.82) is 0 Å². The molecule has 0 radical (unpaired) electrons. The molecule has 116 valence electrons. The average Bonchev–Trinajstić information content (AvgIpc) is 2.53. The lowest BCUT2D eigenvalue weighted by atomic mass is 10.2. The highest BCUT2D eigenvalue weighted by Gasteiger charge is 2.10. The Morgan fingerprint density at radius 1 is 1.23 bits per heavy atom. The van der Waals surface area contributed by atoms with E-state index in [2.05, 4.69) is 20.6 Å². The number of alkyl halides is 1. The number of anilines is 1. The van der Waals surface area contributed by atoms with E-state index in [-0.39, 0.29) is 24.1 Å². The average molecular weight is 325 g/mol. The summed E-state index contributed by atoms with van der Waals surface area (Å²) in [6.45, 7) is 0.510. The van der Waals surface area contributed by atoms with Gasteiger partial charge in [0.2, 0.25) is 0 Å². The van der Waals surface area contributed by atoms with Gasteiger partial charge in [0, 0.05) is 24.8 Å². The van der Waals surface area contributed by atoms with Crippen LogP contribution in [0.25, 0.3) is 0 Å². The summed E-state index contributed by atoms with van der Waals surface area (Å²) in [5.74, 6) is 0.355. The lowest BCUT2D eigenvalue weighted by Gasteiger charge is -2.10. The molecule has 2 amide bonds. The minimum atomic E-state index is -0.451. The van der Waals surface area contributed by atoms with Gasteiger partial charge in [-0.15, -0.1) is 11.6 Å². The van der Waals surface area contributed by atoms with Crippen molar-refractivity contribution in [3.8, 4) is 5.88 Å². The van der Waals surface area contributed by atoms with E-state index in [0.29, 0.717) is 12.4 Å². The molecule has 1 heterocycles. The van der Waals surface area contributed by atoms with Crippen LogP contribution in [0.5, 0.6) is 5.88 Å². The third-order valence-corrected chi connectivity index (χ3v) is 2.75. The molecule has 2 N–H and O–H groups in total. The first kappa shape index (κ1) is 16.0. The molecule has 6 nitrogen and oxygen atoms in total. The first-order chi connectivity index (χ1) is 10.7. The predicted octanol–water partition coefficient (Wildman–Crippen LogP) is 2.56. The fraction of sp³-hybridized carbons (Fsp3) is 0.214. The van der Waals surface area contributed by atoms with E-state index in [1.165, 1.54) is 24.5 Å². The van der Waals surface area contributed by atoms with Gasteiger partial charge in [0.05, 0.1) is 0 Å². The van der Waals surface area contributed by atoms with E-state index in [0.717, 1.165) is 5.56 Å². The van der Waals surface area contributed by atoms with Gasteiger partial charge < -0.3 is 10.1 Å². The summed E-state index contributed by atoms with van der Waals surface area (Å²) < 4.78 is 18.3. The van der Waals surface area contributed by atoms with Gasteiger partial charge in [0.15, 0.2) is 5.82 Å². The Hall–Kier alpha value is -2.41. The van der Waals surface area contributed by atoms with Crippen LogP contribution in [0.1, 0.15) is 5.56 Å². The molecule has 2 rings (SSSR count). The number of nitrogens with zero attached hydrogens (tertiary/aromatic N) is 2. The maximum absolute atomic E-state index is 12.8. The van der Waals surface area contributed by atoms with Gasteiger partial charge in [0.1, 0.15) is 12.4 Å². The zero-order valence-corrected chi connectivity index (χ0v) is 12.3. The quantitative estimate of drug-likeness (QED) is 0.801. The lowest BCUT2D eigenvalue weighted by Crippen LogP contribution is -2.30. The van der Waals surface area contributed by atoms with E-state index in [4.69, 9.17) is 16.3 Å². The van der Waals surface area contributed by atoms with Gasteiger partial charge in [-0.05, 0) is 17.7 Å². The molecule has 0 saturated heterocycles. The monoisotopic (exact) mass is 324 g/mol. The van der Waals surface area contributed by atoms with Gasteiger partial charge in [-0.25, -0.2) is 19.2 Å². The number of hydrogen-bond donors (Lipinski definition) is 2. The highest BCUT2D eigenvalue weighted by atomic mass is 35.5. The van der Waals surface area contributed by atoms with Crippen molar-refractivity contribution in [1.82, 2.24) is 15.3 Å². The van der Waals surface area contributed by atoms with Gasteiger partial charge >= 0.3 is 6.03 Å². The molecule has 8 heteroatoms. The Morgan fingerprint density at radius 2 is 1.95 bits per heavy atom. The number of amides is 2. The largest absolute Gasteiger partial charge is 0.470 e. The summed E-state index contributed by atoms with van der Waals surface area (Å²) in [6.07, 6.45) is 2.88. The Bertz CT molecular complexity index is 624. The minimum absolute atomic E-state index is 0.174. The number of halogens is 2. The lowest BCUT2D eigenvalue weighted by molar-refractivity contribution is 0.252. The molecular weight excluding hydrogens is 311 g/mol. The van der Waals surface area contributed by atoms with Crippen LogP contribution in [0.2, 0.25) is 0 Å². The second kappa shape index (κ2) is 8.14. The molecule has 0 aliphatic rings. The van der Waals surface area contributed by atoms with E-state index in [9.17, 15) is 9.18 Å². The van der Waals surface area contributed by atoms with Crippen molar-refractivity contribution in [3.63, 3.8) is 0 Å². The summed E-state index contributed by atoms with van der Waals surface area (Å²) in [6, 6.07) is 5.44. The molecular formula is C14H14ClFN4O2. The molecule has 1 aromatic carbocycles. The number of rotatable bonds is 6. The SMILES string of the molecule is O=C(NCCCl)Nc1nccnc1OCc1ccc(F)cc1. The van der Waals surface area contributed by atoms with E-state index >= 15 is 0 Å². The maximum atomic E-state index is 12.8. The Balaban J connectivity index is 1.98. The van der Waals surface area contributed by atoms with Crippen LogP contribution in [-0.4, -0.2) is 28.4 Å². The molecule has 0 spiro atoms. The Kier molecular flexibility index (Phi) is 5.91. The van der Waals surface area contributed by atoms with Crippen LogP contribution < -0.4 is 15.4 Å². The Labute approximate surface area is 131 Å². The third kappa shape index (κ3) is 4.85. The number of carbonyl (C=O) groups excluding carboxylic acids is 1. The fourth-order valence-corrected chi connectivity index (χ4v) is 1.66. The molecule has 0 aliphatic carbocycles. The topological polar surface area (TPSA) is 76.1 Å². The number of aromatic nitrogens is 2. The number of urea groups is 1. The van der Waals surface area contributed by atoms with E-state index < -0.39 is 6.03 Å². The van der Waals surface area contributed by atoms with Crippen LogP contribution >= 0.6 is 11.6 Å². The number of hydrogen-bond acceptors (Lipinski definition) is 4. The Morgan fingerprint density at radius 3 is 2.68 bits per heavy atom.